The molecule has 0 saturated heterocycles. The number of nitrogens with one attached hydrogen (secondary N) is 2. The lowest BCUT2D eigenvalue weighted by Crippen LogP contribution is -2.39. The van der Waals surface area contributed by atoms with E-state index in [0.717, 1.165) is 25.8 Å². The normalized spacial score (nSPS) is 21.4. The predicted molar refractivity (Wildman–Crippen MR) is 77.0 cm³/mol. The van der Waals surface area contributed by atoms with Gasteiger partial charge in [0.05, 0.1) is 12.2 Å². The molecule has 0 amide bonds. The Kier molecular flexibility index (Phi) is 4.94. The molecule has 1 aliphatic carbocycles. The zero-order chi connectivity index (χ0) is 14.5. The number of nitrogens with zero attached hydrogens (tertiary/aromatic N) is 3. The first-order valence-corrected chi connectivity index (χ1v) is 7.18. The zero-order valence-corrected chi connectivity index (χ0v) is 12.3. The van der Waals surface area contributed by atoms with Crippen molar-refractivity contribution in [2.75, 3.05) is 17.2 Å². The highest BCUT2D eigenvalue weighted by Gasteiger charge is 2.28. The van der Waals surface area contributed by atoms with Crippen LogP contribution >= 0.6 is 0 Å². The summed E-state index contributed by atoms with van der Waals surface area (Å²) in [6, 6.07) is 0.536. The Hall–Kier alpha value is -1.63. The minimum atomic E-state index is -0.210. The number of anilines is 2. The average Bonchev–Trinajstić information content (AvgIpc) is 2.33. The summed E-state index contributed by atoms with van der Waals surface area (Å²) in [6.45, 7) is 6.73. The number of ether oxygens (including phenoxy) is 1. The van der Waals surface area contributed by atoms with Crippen molar-refractivity contribution in [3.05, 3.63) is 0 Å². The van der Waals surface area contributed by atoms with Crippen LogP contribution in [-0.4, -0.2) is 44.9 Å². The third-order valence-corrected chi connectivity index (χ3v) is 2.94. The SMILES string of the molecule is CCCNc1nc(NC2CC(O)C2)nc(OC(C)C)n1. The van der Waals surface area contributed by atoms with Crippen LogP contribution in [0.15, 0.2) is 0 Å². The fourth-order valence-corrected chi connectivity index (χ4v) is 1.89. The van der Waals surface area contributed by atoms with Crippen molar-refractivity contribution in [1.29, 1.82) is 0 Å². The van der Waals surface area contributed by atoms with Gasteiger partial charge in [0.25, 0.3) is 0 Å². The number of hydrogen-bond acceptors (Lipinski definition) is 7. The van der Waals surface area contributed by atoms with Crippen molar-refractivity contribution in [2.45, 2.75) is 58.3 Å². The summed E-state index contributed by atoms with van der Waals surface area (Å²) < 4.78 is 5.54. The first-order valence-electron chi connectivity index (χ1n) is 7.18. The minimum Gasteiger partial charge on any atom is -0.461 e. The molecule has 1 heterocycles. The number of rotatable bonds is 7. The average molecular weight is 281 g/mol. The van der Waals surface area contributed by atoms with Crippen molar-refractivity contribution in [2.24, 2.45) is 0 Å². The van der Waals surface area contributed by atoms with E-state index in [1.807, 2.05) is 13.8 Å². The quantitative estimate of drug-likeness (QED) is 0.696. The van der Waals surface area contributed by atoms with Gasteiger partial charge in [-0.2, -0.15) is 15.0 Å². The van der Waals surface area contributed by atoms with Crippen molar-refractivity contribution in [1.82, 2.24) is 15.0 Å². The van der Waals surface area contributed by atoms with Crippen LogP contribution < -0.4 is 15.4 Å². The molecule has 3 N–H and O–H groups in total. The highest BCUT2D eigenvalue weighted by Crippen LogP contribution is 2.23. The second-order valence-corrected chi connectivity index (χ2v) is 5.33. The molecule has 1 aliphatic rings. The van der Waals surface area contributed by atoms with Crippen LogP contribution in [-0.2, 0) is 0 Å². The van der Waals surface area contributed by atoms with E-state index in [4.69, 9.17) is 4.74 Å². The number of hydrogen-bond donors (Lipinski definition) is 3. The molecule has 0 atom stereocenters. The van der Waals surface area contributed by atoms with Crippen molar-refractivity contribution >= 4 is 11.9 Å². The zero-order valence-electron chi connectivity index (χ0n) is 12.3. The van der Waals surface area contributed by atoms with E-state index in [-0.39, 0.29) is 18.2 Å². The molecule has 7 heteroatoms. The van der Waals surface area contributed by atoms with Crippen LogP contribution in [0.1, 0.15) is 40.0 Å². The van der Waals surface area contributed by atoms with Gasteiger partial charge in [-0.15, -0.1) is 0 Å². The third-order valence-electron chi connectivity index (χ3n) is 2.94. The molecule has 2 rings (SSSR count). The summed E-state index contributed by atoms with van der Waals surface area (Å²) in [7, 11) is 0. The molecule has 112 valence electrons. The predicted octanol–water partition coefficient (Wildman–Crippen LogP) is 1.42. The summed E-state index contributed by atoms with van der Waals surface area (Å²) in [4.78, 5) is 12.8. The molecule has 1 aromatic heterocycles. The van der Waals surface area contributed by atoms with Crippen LogP contribution in [0.3, 0.4) is 0 Å². The van der Waals surface area contributed by atoms with Crippen LogP contribution in [0.4, 0.5) is 11.9 Å². The highest BCUT2D eigenvalue weighted by atomic mass is 16.5. The second kappa shape index (κ2) is 6.69. The first-order chi connectivity index (χ1) is 9.56. The molecule has 1 saturated carbocycles. The van der Waals surface area contributed by atoms with Crippen LogP contribution in [0.5, 0.6) is 6.01 Å². The van der Waals surface area contributed by atoms with Gasteiger partial charge in [-0.25, -0.2) is 0 Å². The lowest BCUT2D eigenvalue weighted by molar-refractivity contribution is 0.0833. The Balaban J connectivity index is 2.07. The molecule has 7 nitrogen and oxygen atoms in total. The summed E-state index contributed by atoms with van der Waals surface area (Å²) in [5.74, 6) is 1.01. The lowest BCUT2D eigenvalue weighted by Gasteiger charge is -2.31. The van der Waals surface area contributed by atoms with Gasteiger partial charge in [0.2, 0.25) is 11.9 Å². The van der Waals surface area contributed by atoms with Crippen LogP contribution in [0, 0.1) is 0 Å². The van der Waals surface area contributed by atoms with Crippen LogP contribution in [0.2, 0.25) is 0 Å². The van der Waals surface area contributed by atoms with Gasteiger partial charge in [-0.05, 0) is 33.1 Å². The standard InChI is InChI=1S/C13H23N5O2/c1-4-5-14-11-16-12(15-9-6-10(19)7-9)18-13(17-11)20-8(2)3/h8-10,19H,4-7H2,1-3H3,(H2,14,15,16,17,18). The molecular weight excluding hydrogens is 258 g/mol. The Bertz CT molecular complexity index is 435. The summed E-state index contributed by atoms with van der Waals surface area (Å²) in [5, 5.41) is 15.6. The van der Waals surface area contributed by atoms with E-state index >= 15 is 0 Å². The first kappa shape index (κ1) is 14.8. The number of aromatic nitrogens is 3. The fourth-order valence-electron chi connectivity index (χ4n) is 1.89. The topological polar surface area (TPSA) is 92.2 Å². The highest BCUT2D eigenvalue weighted by molar-refractivity contribution is 5.37. The Labute approximate surface area is 119 Å². The molecule has 0 radical (unpaired) electrons. The minimum absolute atomic E-state index is 0.00907. The Morgan fingerprint density at radius 1 is 1.25 bits per heavy atom. The fraction of sp³-hybridized carbons (Fsp3) is 0.769. The molecule has 1 aromatic rings. The number of aliphatic hydroxyl groups is 1. The van der Waals surface area contributed by atoms with Gasteiger partial charge in [0.15, 0.2) is 0 Å². The van der Waals surface area contributed by atoms with E-state index in [9.17, 15) is 5.11 Å². The monoisotopic (exact) mass is 281 g/mol. The third kappa shape index (κ3) is 4.19. The van der Waals surface area contributed by atoms with Gasteiger partial charge >= 0.3 is 6.01 Å². The maximum atomic E-state index is 9.31. The van der Waals surface area contributed by atoms with Crippen molar-refractivity contribution in [3.63, 3.8) is 0 Å². The van der Waals surface area contributed by atoms with Gasteiger partial charge in [0.1, 0.15) is 0 Å². The molecule has 0 bridgehead atoms. The van der Waals surface area contributed by atoms with E-state index in [0.29, 0.717) is 17.9 Å². The van der Waals surface area contributed by atoms with Gasteiger partial charge in [-0.3, -0.25) is 0 Å². The molecule has 0 aromatic carbocycles. The lowest BCUT2D eigenvalue weighted by atomic mass is 9.90. The summed E-state index contributed by atoms with van der Waals surface area (Å²) in [6.07, 6.45) is 2.24. The van der Waals surface area contributed by atoms with E-state index < -0.39 is 0 Å². The molecular formula is C13H23N5O2. The molecule has 1 fully saturated rings. The Morgan fingerprint density at radius 3 is 2.55 bits per heavy atom. The van der Waals surface area contributed by atoms with Crippen molar-refractivity contribution < 1.29 is 9.84 Å². The maximum Gasteiger partial charge on any atom is 0.323 e. The van der Waals surface area contributed by atoms with Gasteiger partial charge < -0.3 is 20.5 Å². The molecule has 20 heavy (non-hydrogen) atoms. The van der Waals surface area contributed by atoms with Crippen LogP contribution in [0.25, 0.3) is 0 Å². The maximum absolute atomic E-state index is 9.31. The molecule has 0 aliphatic heterocycles. The van der Waals surface area contributed by atoms with E-state index in [1.54, 1.807) is 0 Å². The largest absolute Gasteiger partial charge is 0.461 e. The smallest absolute Gasteiger partial charge is 0.323 e. The molecule has 0 unspecified atom stereocenters. The van der Waals surface area contributed by atoms with Gasteiger partial charge in [0, 0.05) is 12.6 Å². The van der Waals surface area contributed by atoms with E-state index in [2.05, 4.69) is 32.5 Å². The second-order valence-electron chi connectivity index (χ2n) is 5.33. The summed E-state index contributed by atoms with van der Waals surface area (Å²) >= 11 is 0. The van der Waals surface area contributed by atoms with Gasteiger partial charge in [-0.1, -0.05) is 6.92 Å². The number of aliphatic hydroxyl groups excluding tert-OH is 1. The molecule has 0 spiro atoms. The van der Waals surface area contributed by atoms with Crippen molar-refractivity contribution in [3.8, 4) is 6.01 Å². The Morgan fingerprint density at radius 2 is 1.95 bits per heavy atom. The van der Waals surface area contributed by atoms with E-state index in [1.165, 1.54) is 0 Å². The summed E-state index contributed by atoms with van der Waals surface area (Å²) in [5.41, 5.74) is 0.